The molecule has 0 aliphatic carbocycles. The number of hydrogen-bond acceptors (Lipinski definition) is 6. The van der Waals surface area contributed by atoms with Gasteiger partial charge in [0.05, 0.1) is 0 Å². The van der Waals surface area contributed by atoms with Gasteiger partial charge in [-0.05, 0) is 59.7 Å². The van der Waals surface area contributed by atoms with Crippen molar-refractivity contribution in [2.45, 2.75) is 19.3 Å². The number of nitrogens with one attached hydrogen (secondary N) is 2. The SMILES string of the molecule is CC(C)(c1ccc(Oc2ccccc2)cc1)c1ccc(Oc2ccccc2)cc1.N=C=O.N=C=O. The van der Waals surface area contributed by atoms with Crippen LogP contribution in [0.25, 0.3) is 0 Å². The summed E-state index contributed by atoms with van der Waals surface area (Å²) in [5, 5.41) is 10.8. The molecule has 4 aromatic rings. The number of ether oxygens (including phenoxy) is 2. The average molecular weight is 467 g/mol. The van der Waals surface area contributed by atoms with Crippen molar-refractivity contribution in [3.63, 3.8) is 0 Å². The Morgan fingerprint density at radius 3 is 1.06 bits per heavy atom. The fourth-order valence-electron chi connectivity index (χ4n) is 3.30. The quantitative estimate of drug-likeness (QED) is 0.228. The van der Waals surface area contributed by atoms with Crippen LogP contribution in [0.5, 0.6) is 23.0 Å². The van der Waals surface area contributed by atoms with Crippen LogP contribution in [0.1, 0.15) is 25.0 Å². The van der Waals surface area contributed by atoms with Crippen molar-refractivity contribution in [1.82, 2.24) is 0 Å². The molecule has 0 spiro atoms. The summed E-state index contributed by atoms with van der Waals surface area (Å²) < 4.78 is 11.8. The Kier molecular flexibility index (Phi) is 10.4. The van der Waals surface area contributed by atoms with Crippen LogP contribution >= 0.6 is 0 Å². The number of benzene rings is 4. The molecule has 0 radical (unpaired) electrons. The van der Waals surface area contributed by atoms with Crippen LogP contribution in [0.4, 0.5) is 0 Å². The van der Waals surface area contributed by atoms with E-state index >= 15 is 0 Å². The fraction of sp³-hybridized carbons (Fsp3) is 0.103. The third-order valence-corrected chi connectivity index (χ3v) is 5.11. The topological polar surface area (TPSA) is 100 Å². The minimum Gasteiger partial charge on any atom is -0.457 e. The highest BCUT2D eigenvalue weighted by atomic mass is 16.5. The highest BCUT2D eigenvalue weighted by molar-refractivity contribution is 5.43. The summed E-state index contributed by atoms with van der Waals surface area (Å²) in [6.45, 7) is 4.46. The third kappa shape index (κ3) is 8.26. The molecular formula is C29H26N2O4. The Hall–Kier alpha value is -4.76. The third-order valence-electron chi connectivity index (χ3n) is 5.11. The maximum absolute atomic E-state index is 8.35. The zero-order chi connectivity index (χ0) is 25.5. The van der Waals surface area contributed by atoms with Crippen molar-refractivity contribution in [3.8, 4) is 23.0 Å². The predicted molar refractivity (Wildman–Crippen MR) is 135 cm³/mol. The second-order valence-electron chi connectivity index (χ2n) is 7.71. The summed E-state index contributed by atoms with van der Waals surface area (Å²) in [7, 11) is 0. The molecule has 0 aromatic heterocycles. The van der Waals surface area contributed by atoms with E-state index < -0.39 is 0 Å². The van der Waals surface area contributed by atoms with Gasteiger partial charge in [-0.2, -0.15) is 0 Å². The first-order chi connectivity index (χ1) is 16.9. The normalized spacial score (nSPS) is 9.66. The second-order valence-corrected chi connectivity index (χ2v) is 7.71. The molecule has 0 unspecified atom stereocenters. The molecule has 0 aliphatic heterocycles. The maximum atomic E-state index is 8.35. The van der Waals surface area contributed by atoms with Crippen LogP contribution in [0.15, 0.2) is 109 Å². The van der Waals surface area contributed by atoms with Gasteiger partial charge in [-0.3, -0.25) is 0 Å². The van der Waals surface area contributed by atoms with E-state index in [1.807, 2.05) is 84.9 Å². The van der Waals surface area contributed by atoms with E-state index in [-0.39, 0.29) is 5.41 Å². The molecule has 0 saturated heterocycles. The average Bonchev–Trinajstić information content (AvgIpc) is 2.87. The predicted octanol–water partition coefficient (Wildman–Crippen LogP) is 7.40. The summed E-state index contributed by atoms with van der Waals surface area (Å²) in [5.41, 5.74) is 2.33. The van der Waals surface area contributed by atoms with E-state index in [9.17, 15) is 0 Å². The fourth-order valence-corrected chi connectivity index (χ4v) is 3.30. The number of hydrogen-bond donors (Lipinski definition) is 2. The molecule has 6 nitrogen and oxygen atoms in total. The van der Waals surface area contributed by atoms with Gasteiger partial charge in [0, 0.05) is 5.41 Å². The van der Waals surface area contributed by atoms with Crippen molar-refractivity contribution < 1.29 is 19.1 Å². The van der Waals surface area contributed by atoms with Crippen molar-refractivity contribution >= 4 is 12.2 Å². The molecule has 0 amide bonds. The van der Waals surface area contributed by atoms with Crippen molar-refractivity contribution in [3.05, 3.63) is 120 Å². The highest BCUT2D eigenvalue weighted by Crippen LogP contribution is 2.34. The summed E-state index contributed by atoms with van der Waals surface area (Å²) in [5.74, 6) is 3.35. The molecule has 0 heterocycles. The molecule has 2 N–H and O–H groups in total. The lowest BCUT2D eigenvalue weighted by atomic mass is 9.78. The molecule has 0 bridgehead atoms. The van der Waals surface area contributed by atoms with Crippen LogP contribution in [-0.2, 0) is 15.0 Å². The Morgan fingerprint density at radius 1 is 0.514 bits per heavy atom. The second kappa shape index (κ2) is 13.7. The highest BCUT2D eigenvalue weighted by Gasteiger charge is 2.23. The Bertz CT molecular complexity index is 1130. The number of carbonyl (C=O) groups excluding carboxylic acids is 2. The van der Waals surface area contributed by atoms with Gasteiger partial charge in [-0.15, -0.1) is 0 Å². The standard InChI is InChI=1S/C27H24O2.2CHNO/c1-27(2,21-13-17-25(18-14-21)28-23-9-5-3-6-10-23)22-15-19-26(20-16-22)29-24-11-7-4-8-12-24;2*2-1-3/h3-20H,1-2H3;2*2H. The lowest BCUT2D eigenvalue weighted by Gasteiger charge is -2.26. The molecule has 0 saturated carbocycles. The summed E-state index contributed by atoms with van der Waals surface area (Å²) in [6.07, 6.45) is 1.50. The number of rotatable bonds is 6. The monoisotopic (exact) mass is 466 g/mol. The van der Waals surface area contributed by atoms with E-state index in [2.05, 4.69) is 38.1 Å². The largest absolute Gasteiger partial charge is 0.457 e. The molecule has 6 heteroatoms. The van der Waals surface area contributed by atoms with E-state index in [1.54, 1.807) is 0 Å². The van der Waals surface area contributed by atoms with Gasteiger partial charge >= 0.3 is 0 Å². The Labute approximate surface area is 204 Å². The minimum atomic E-state index is -0.128. The number of isocyanates is 2. The van der Waals surface area contributed by atoms with Gasteiger partial charge in [0.1, 0.15) is 23.0 Å². The molecule has 4 rings (SSSR count). The summed E-state index contributed by atoms with van der Waals surface area (Å²) in [6, 6.07) is 36.3. The van der Waals surface area contributed by atoms with E-state index in [0.29, 0.717) is 0 Å². The first-order valence-electron chi connectivity index (χ1n) is 10.7. The zero-order valence-electron chi connectivity index (χ0n) is 19.5. The van der Waals surface area contributed by atoms with Gasteiger partial charge < -0.3 is 9.47 Å². The molecule has 176 valence electrons. The van der Waals surface area contributed by atoms with Gasteiger partial charge in [0.15, 0.2) is 0 Å². The summed E-state index contributed by atoms with van der Waals surface area (Å²) >= 11 is 0. The Balaban J connectivity index is 0.000000655. The van der Waals surface area contributed by atoms with Crippen molar-refractivity contribution in [2.24, 2.45) is 0 Å². The van der Waals surface area contributed by atoms with Gasteiger partial charge in [-0.1, -0.05) is 74.5 Å². The van der Waals surface area contributed by atoms with Crippen LogP contribution < -0.4 is 9.47 Å². The van der Waals surface area contributed by atoms with E-state index in [4.69, 9.17) is 29.9 Å². The van der Waals surface area contributed by atoms with Crippen molar-refractivity contribution in [1.29, 1.82) is 10.8 Å². The summed E-state index contributed by atoms with van der Waals surface area (Å²) in [4.78, 5) is 16.7. The molecular weight excluding hydrogens is 440 g/mol. The minimum absolute atomic E-state index is 0.128. The van der Waals surface area contributed by atoms with Crippen LogP contribution in [-0.4, -0.2) is 12.2 Å². The van der Waals surface area contributed by atoms with Crippen LogP contribution in [0, 0.1) is 10.8 Å². The van der Waals surface area contributed by atoms with Gasteiger partial charge in [-0.25, -0.2) is 20.4 Å². The van der Waals surface area contributed by atoms with Gasteiger partial charge in [0.25, 0.3) is 0 Å². The maximum Gasteiger partial charge on any atom is 0.231 e. The van der Waals surface area contributed by atoms with E-state index in [1.165, 1.54) is 11.1 Å². The first kappa shape index (κ1) is 26.5. The van der Waals surface area contributed by atoms with E-state index in [0.717, 1.165) is 35.2 Å². The van der Waals surface area contributed by atoms with Crippen molar-refractivity contribution in [2.75, 3.05) is 0 Å². The smallest absolute Gasteiger partial charge is 0.231 e. The molecule has 0 atom stereocenters. The molecule has 0 aliphatic rings. The lowest BCUT2D eigenvalue weighted by Crippen LogP contribution is -2.18. The Morgan fingerprint density at radius 2 is 0.771 bits per heavy atom. The number of para-hydroxylation sites is 2. The first-order valence-corrected chi connectivity index (χ1v) is 10.7. The molecule has 4 aromatic carbocycles. The lowest BCUT2D eigenvalue weighted by molar-refractivity contribution is 0.481. The van der Waals surface area contributed by atoms with Crippen LogP contribution in [0.3, 0.4) is 0 Å². The van der Waals surface area contributed by atoms with Crippen LogP contribution in [0.2, 0.25) is 0 Å². The molecule has 35 heavy (non-hydrogen) atoms. The zero-order valence-corrected chi connectivity index (χ0v) is 19.5. The molecule has 0 fully saturated rings. The van der Waals surface area contributed by atoms with Gasteiger partial charge in [0.2, 0.25) is 12.2 Å².